The Balaban J connectivity index is 2.03. The smallest absolute Gasteiger partial charge is 0.185 e. The number of nitrogens with zero attached hydrogens (tertiary/aromatic N) is 3. The number of methoxy groups -OCH3 is 1. The lowest BCUT2D eigenvalue weighted by atomic mass is 10.0. The number of aliphatic hydroxyl groups excluding tert-OH is 1. The summed E-state index contributed by atoms with van der Waals surface area (Å²) in [6, 6.07) is 0.547. The monoisotopic (exact) mass is 299 g/mol. The Labute approximate surface area is 125 Å². The Morgan fingerprint density at radius 1 is 1.45 bits per heavy atom. The van der Waals surface area contributed by atoms with Gasteiger partial charge in [0.25, 0.3) is 0 Å². The molecule has 0 spiro atoms. The van der Waals surface area contributed by atoms with Gasteiger partial charge in [0.2, 0.25) is 0 Å². The van der Waals surface area contributed by atoms with Gasteiger partial charge in [-0.25, -0.2) is 4.98 Å². The minimum absolute atomic E-state index is 0.0402. The molecule has 0 aliphatic carbocycles. The normalized spacial score (nSPS) is 17.6. The zero-order valence-corrected chi connectivity index (χ0v) is 13.4. The molecule has 1 aliphatic heterocycles. The molecular formula is C14H25N3O2S. The molecule has 0 radical (unpaired) electrons. The molecule has 2 rings (SSSR count). The van der Waals surface area contributed by atoms with E-state index in [0.717, 1.165) is 35.3 Å². The van der Waals surface area contributed by atoms with Crippen LogP contribution in [0.4, 0.5) is 5.13 Å². The fourth-order valence-electron chi connectivity index (χ4n) is 2.67. The van der Waals surface area contributed by atoms with Crippen LogP contribution in [0.3, 0.4) is 0 Å². The van der Waals surface area contributed by atoms with E-state index >= 15 is 0 Å². The van der Waals surface area contributed by atoms with Crippen LogP contribution in [0.1, 0.15) is 30.3 Å². The number of likely N-dealkylation sites (tertiary alicyclic amines) is 1. The highest BCUT2D eigenvalue weighted by Crippen LogP contribution is 2.29. The van der Waals surface area contributed by atoms with Crippen LogP contribution in [0.25, 0.3) is 0 Å². The lowest BCUT2D eigenvalue weighted by Gasteiger charge is -2.36. The third-order valence-electron chi connectivity index (χ3n) is 4.05. The molecule has 0 atom stereocenters. The fraction of sp³-hybridized carbons (Fsp3) is 0.786. The van der Waals surface area contributed by atoms with Gasteiger partial charge in [-0.1, -0.05) is 18.3 Å². The number of thiazole rings is 1. The summed E-state index contributed by atoms with van der Waals surface area (Å²) < 4.78 is 5.15. The molecule has 0 unspecified atom stereocenters. The lowest BCUT2D eigenvalue weighted by Crippen LogP contribution is -2.43. The number of aromatic nitrogens is 1. The largest absolute Gasteiger partial charge is 0.391 e. The number of ether oxygens (including phenoxy) is 1. The zero-order chi connectivity index (χ0) is 14.5. The van der Waals surface area contributed by atoms with Crippen molar-refractivity contribution in [3.05, 3.63) is 10.6 Å². The first-order valence-electron chi connectivity index (χ1n) is 7.23. The highest BCUT2D eigenvalue weighted by Gasteiger charge is 2.24. The summed E-state index contributed by atoms with van der Waals surface area (Å²) in [5, 5.41) is 10.4. The summed E-state index contributed by atoms with van der Waals surface area (Å²) in [7, 11) is 3.77. The second kappa shape index (κ2) is 7.36. The molecule has 6 heteroatoms. The van der Waals surface area contributed by atoms with Crippen LogP contribution in [-0.4, -0.2) is 54.8 Å². The Bertz CT molecular complexity index is 417. The summed E-state index contributed by atoms with van der Waals surface area (Å²) in [5.41, 5.74) is 0.868. The van der Waals surface area contributed by atoms with Crippen molar-refractivity contribution in [1.82, 2.24) is 9.88 Å². The summed E-state index contributed by atoms with van der Waals surface area (Å²) in [6.45, 7) is 6.19. The lowest BCUT2D eigenvalue weighted by molar-refractivity contribution is 0.179. The highest BCUT2D eigenvalue weighted by molar-refractivity contribution is 7.15. The molecule has 2 heterocycles. The van der Waals surface area contributed by atoms with Gasteiger partial charge in [0, 0.05) is 33.3 Å². The van der Waals surface area contributed by atoms with E-state index in [4.69, 9.17) is 4.74 Å². The Kier molecular flexibility index (Phi) is 5.77. The second-order valence-electron chi connectivity index (χ2n) is 5.23. The fourth-order valence-corrected chi connectivity index (χ4v) is 3.63. The number of anilines is 1. The third-order valence-corrected chi connectivity index (χ3v) is 5.22. The van der Waals surface area contributed by atoms with E-state index in [-0.39, 0.29) is 6.61 Å². The van der Waals surface area contributed by atoms with Gasteiger partial charge in [0.15, 0.2) is 5.13 Å². The van der Waals surface area contributed by atoms with E-state index in [1.54, 1.807) is 18.4 Å². The third kappa shape index (κ3) is 3.49. The van der Waals surface area contributed by atoms with Crippen LogP contribution in [0, 0.1) is 0 Å². The number of aliphatic hydroxyl groups is 1. The van der Waals surface area contributed by atoms with Gasteiger partial charge in [0.1, 0.15) is 0 Å². The topological polar surface area (TPSA) is 48.8 Å². The van der Waals surface area contributed by atoms with E-state index in [1.807, 2.05) is 0 Å². The molecule has 1 aromatic heterocycles. The van der Waals surface area contributed by atoms with Crippen LogP contribution in [-0.2, 0) is 18.0 Å². The Morgan fingerprint density at radius 2 is 2.15 bits per heavy atom. The van der Waals surface area contributed by atoms with E-state index in [1.165, 1.54) is 12.8 Å². The van der Waals surface area contributed by atoms with Gasteiger partial charge in [-0.05, 0) is 19.4 Å². The van der Waals surface area contributed by atoms with Crippen LogP contribution >= 0.6 is 11.3 Å². The van der Waals surface area contributed by atoms with Gasteiger partial charge in [0.05, 0.1) is 23.8 Å². The quantitative estimate of drug-likeness (QED) is 0.866. The molecule has 1 aliphatic rings. The molecule has 0 aromatic carbocycles. The van der Waals surface area contributed by atoms with Crippen molar-refractivity contribution in [3.8, 4) is 0 Å². The first kappa shape index (κ1) is 15.7. The number of piperidine rings is 1. The Hall–Kier alpha value is -0.690. The van der Waals surface area contributed by atoms with Crippen molar-refractivity contribution >= 4 is 16.5 Å². The highest BCUT2D eigenvalue weighted by atomic mass is 32.1. The van der Waals surface area contributed by atoms with Crippen molar-refractivity contribution < 1.29 is 9.84 Å². The van der Waals surface area contributed by atoms with Gasteiger partial charge in [-0.2, -0.15) is 0 Å². The summed E-state index contributed by atoms with van der Waals surface area (Å²) in [5.74, 6) is 0. The van der Waals surface area contributed by atoms with E-state index in [0.29, 0.717) is 12.6 Å². The van der Waals surface area contributed by atoms with Crippen molar-refractivity contribution in [2.24, 2.45) is 0 Å². The molecular weight excluding hydrogens is 274 g/mol. The molecule has 5 nitrogen and oxygen atoms in total. The van der Waals surface area contributed by atoms with Gasteiger partial charge in [-0.15, -0.1) is 0 Å². The van der Waals surface area contributed by atoms with Gasteiger partial charge < -0.3 is 19.6 Å². The summed E-state index contributed by atoms with van der Waals surface area (Å²) in [4.78, 5) is 10.3. The van der Waals surface area contributed by atoms with E-state index in [9.17, 15) is 5.11 Å². The van der Waals surface area contributed by atoms with Crippen LogP contribution in [0.5, 0.6) is 0 Å². The Morgan fingerprint density at radius 3 is 2.70 bits per heavy atom. The molecule has 1 aromatic rings. The molecule has 1 N–H and O–H groups in total. The van der Waals surface area contributed by atoms with E-state index < -0.39 is 0 Å². The SMILES string of the molecule is CCN1CCC(N(C)c2nc(COC)c(CO)s2)CC1. The first-order chi connectivity index (χ1) is 9.69. The summed E-state index contributed by atoms with van der Waals surface area (Å²) in [6.07, 6.45) is 2.36. The van der Waals surface area contributed by atoms with Gasteiger partial charge >= 0.3 is 0 Å². The van der Waals surface area contributed by atoms with Gasteiger partial charge in [-0.3, -0.25) is 0 Å². The molecule has 1 saturated heterocycles. The first-order valence-corrected chi connectivity index (χ1v) is 8.04. The maximum Gasteiger partial charge on any atom is 0.185 e. The van der Waals surface area contributed by atoms with Crippen molar-refractivity contribution in [3.63, 3.8) is 0 Å². The average Bonchev–Trinajstić information content (AvgIpc) is 2.90. The zero-order valence-electron chi connectivity index (χ0n) is 12.6. The number of hydrogen-bond donors (Lipinski definition) is 1. The number of rotatable bonds is 6. The number of hydrogen-bond acceptors (Lipinski definition) is 6. The van der Waals surface area contributed by atoms with Crippen LogP contribution < -0.4 is 4.90 Å². The predicted octanol–water partition coefficient (Wildman–Crippen LogP) is 1.70. The molecule has 20 heavy (non-hydrogen) atoms. The molecule has 0 amide bonds. The minimum Gasteiger partial charge on any atom is -0.391 e. The van der Waals surface area contributed by atoms with E-state index in [2.05, 4.69) is 28.8 Å². The predicted molar refractivity (Wildman–Crippen MR) is 82.3 cm³/mol. The van der Waals surface area contributed by atoms with Crippen LogP contribution in [0.2, 0.25) is 0 Å². The maximum absolute atomic E-state index is 9.41. The minimum atomic E-state index is 0.0402. The molecule has 114 valence electrons. The molecule has 1 fully saturated rings. The molecule has 0 saturated carbocycles. The van der Waals surface area contributed by atoms with Crippen LogP contribution in [0.15, 0.2) is 0 Å². The van der Waals surface area contributed by atoms with Crippen molar-refractivity contribution in [2.75, 3.05) is 38.7 Å². The van der Waals surface area contributed by atoms with Crippen molar-refractivity contribution in [2.45, 2.75) is 39.0 Å². The second-order valence-corrected chi connectivity index (χ2v) is 6.30. The molecule has 0 bridgehead atoms. The summed E-state index contributed by atoms with van der Waals surface area (Å²) >= 11 is 1.58. The average molecular weight is 299 g/mol. The van der Waals surface area contributed by atoms with Crippen molar-refractivity contribution in [1.29, 1.82) is 0 Å². The maximum atomic E-state index is 9.41. The standard InChI is InChI=1S/C14H25N3O2S/c1-4-17-7-5-11(6-8-17)16(2)14-15-12(10-19-3)13(9-18)20-14/h11,18H,4-10H2,1-3H3.